The molecule has 0 spiro atoms. The van der Waals surface area contributed by atoms with Gasteiger partial charge in [0.1, 0.15) is 18.4 Å². The molecule has 2 amide bonds. The van der Waals surface area contributed by atoms with Crippen LogP contribution >= 0.6 is 11.6 Å². The zero-order valence-corrected chi connectivity index (χ0v) is 19.1. The smallest absolute Gasteiger partial charge is 0.244 e. The van der Waals surface area contributed by atoms with E-state index in [4.69, 9.17) is 11.6 Å². The van der Waals surface area contributed by atoms with Crippen LogP contribution < -0.4 is 9.62 Å². The summed E-state index contributed by atoms with van der Waals surface area (Å²) in [5.74, 6) is -1.65. The van der Waals surface area contributed by atoms with Gasteiger partial charge in [-0.05, 0) is 37.1 Å². The van der Waals surface area contributed by atoms with Gasteiger partial charge in [-0.1, -0.05) is 41.9 Å². The lowest BCUT2D eigenvalue weighted by Gasteiger charge is -2.31. The number of anilines is 1. The molecule has 0 radical (unpaired) electrons. The molecular weight excluding hydrogens is 445 g/mol. The maximum atomic E-state index is 13.5. The highest BCUT2D eigenvalue weighted by Crippen LogP contribution is 2.24. The Bertz CT molecular complexity index is 1030. The predicted octanol–water partition coefficient (Wildman–Crippen LogP) is 2.45. The number of nitrogens with zero attached hydrogens (tertiary/aromatic N) is 2. The van der Waals surface area contributed by atoms with Gasteiger partial charge in [-0.3, -0.25) is 13.9 Å². The maximum Gasteiger partial charge on any atom is 0.244 e. The summed E-state index contributed by atoms with van der Waals surface area (Å²) < 4.78 is 39.1. The molecule has 0 saturated carbocycles. The average molecular weight is 470 g/mol. The fourth-order valence-electron chi connectivity index (χ4n) is 3.03. The Morgan fingerprint density at radius 3 is 2.35 bits per heavy atom. The highest BCUT2D eigenvalue weighted by atomic mass is 35.5. The molecule has 2 aromatic carbocycles. The Hall–Kier alpha value is -2.65. The number of hydrogen-bond donors (Lipinski definition) is 1. The molecule has 0 aliphatic rings. The Balaban J connectivity index is 2.31. The Morgan fingerprint density at radius 1 is 1.16 bits per heavy atom. The molecule has 0 aliphatic heterocycles. The molecule has 1 N–H and O–H groups in total. The number of amides is 2. The van der Waals surface area contributed by atoms with Crippen LogP contribution in [0.15, 0.2) is 48.5 Å². The van der Waals surface area contributed by atoms with E-state index in [1.807, 2.05) is 30.3 Å². The van der Waals surface area contributed by atoms with Crippen LogP contribution in [-0.4, -0.2) is 57.6 Å². The third-order valence-electron chi connectivity index (χ3n) is 4.77. The number of carbonyl (C=O) groups is 2. The van der Waals surface area contributed by atoms with Crippen LogP contribution in [0.1, 0.15) is 12.5 Å². The van der Waals surface area contributed by atoms with Crippen LogP contribution in [-0.2, 0) is 26.0 Å². The lowest BCUT2D eigenvalue weighted by atomic mass is 10.1. The molecule has 0 aliphatic carbocycles. The van der Waals surface area contributed by atoms with Gasteiger partial charge >= 0.3 is 0 Å². The number of nitrogens with one attached hydrogen (secondary N) is 1. The van der Waals surface area contributed by atoms with E-state index in [2.05, 4.69) is 5.32 Å². The number of rotatable bonds is 9. The number of hydrogen-bond acceptors (Lipinski definition) is 4. The minimum Gasteiger partial charge on any atom is -0.357 e. The van der Waals surface area contributed by atoms with Crippen molar-refractivity contribution >= 4 is 39.1 Å². The Labute approximate surface area is 186 Å². The van der Waals surface area contributed by atoms with Crippen molar-refractivity contribution in [3.05, 3.63) is 64.9 Å². The molecule has 0 unspecified atom stereocenters. The Morgan fingerprint density at radius 2 is 1.81 bits per heavy atom. The van der Waals surface area contributed by atoms with Crippen molar-refractivity contribution in [1.82, 2.24) is 10.2 Å². The van der Waals surface area contributed by atoms with E-state index in [0.29, 0.717) is 6.42 Å². The first-order valence-corrected chi connectivity index (χ1v) is 11.7. The van der Waals surface area contributed by atoms with Gasteiger partial charge in [0.2, 0.25) is 21.8 Å². The van der Waals surface area contributed by atoms with Gasteiger partial charge in [0.25, 0.3) is 0 Å². The molecule has 0 fully saturated rings. The standard InChI is InChI=1S/C21H25ClFN3O4S/c1-15(21(28)24-2)25(12-11-16-7-5-4-6-8-16)20(27)14-26(31(3,29)30)17-9-10-19(23)18(22)13-17/h4-10,13,15H,11-12,14H2,1-3H3,(H,24,28)/t15-/m0/s1. The van der Waals surface area contributed by atoms with Crippen molar-refractivity contribution in [3.63, 3.8) is 0 Å². The maximum absolute atomic E-state index is 13.5. The number of halogens is 2. The van der Waals surface area contributed by atoms with Crippen molar-refractivity contribution < 1.29 is 22.4 Å². The number of benzene rings is 2. The summed E-state index contributed by atoms with van der Waals surface area (Å²) in [5, 5.41) is 2.24. The quantitative estimate of drug-likeness (QED) is 0.611. The fourth-order valence-corrected chi connectivity index (χ4v) is 4.05. The first-order chi connectivity index (χ1) is 14.5. The zero-order valence-electron chi connectivity index (χ0n) is 17.5. The van der Waals surface area contributed by atoms with E-state index in [1.165, 1.54) is 18.0 Å². The van der Waals surface area contributed by atoms with E-state index < -0.39 is 34.3 Å². The lowest BCUT2D eigenvalue weighted by molar-refractivity contribution is -0.138. The van der Waals surface area contributed by atoms with Gasteiger partial charge in [0.05, 0.1) is 17.0 Å². The fraction of sp³-hybridized carbons (Fsp3) is 0.333. The van der Waals surface area contributed by atoms with Crippen LogP contribution in [0.5, 0.6) is 0 Å². The summed E-state index contributed by atoms with van der Waals surface area (Å²) in [7, 11) is -2.43. The molecule has 31 heavy (non-hydrogen) atoms. The van der Waals surface area contributed by atoms with Crippen molar-refractivity contribution in [2.24, 2.45) is 0 Å². The summed E-state index contributed by atoms with van der Waals surface area (Å²) in [5.41, 5.74) is 1.02. The third-order valence-corrected chi connectivity index (χ3v) is 6.20. The van der Waals surface area contributed by atoms with E-state index in [-0.39, 0.29) is 23.2 Å². The molecule has 2 rings (SSSR count). The van der Waals surface area contributed by atoms with Crippen LogP contribution in [0.4, 0.5) is 10.1 Å². The van der Waals surface area contributed by atoms with E-state index in [9.17, 15) is 22.4 Å². The van der Waals surface area contributed by atoms with Crippen molar-refractivity contribution in [2.45, 2.75) is 19.4 Å². The Kier molecular flexibility index (Phi) is 8.41. The predicted molar refractivity (Wildman–Crippen MR) is 119 cm³/mol. The van der Waals surface area contributed by atoms with Gasteiger partial charge in [0, 0.05) is 13.6 Å². The van der Waals surface area contributed by atoms with Crippen LogP contribution in [0.2, 0.25) is 5.02 Å². The van der Waals surface area contributed by atoms with Gasteiger partial charge < -0.3 is 10.2 Å². The van der Waals surface area contributed by atoms with Crippen molar-refractivity contribution in [3.8, 4) is 0 Å². The minimum atomic E-state index is -3.89. The number of sulfonamides is 1. The van der Waals surface area contributed by atoms with Crippen molar-refractivity contribution in [1.29, 1.82) is 0 Å². The highest BCUT2D eigenvalue weighted by Gasteiger charge is 2.29. The second kappa shape index (κ2) is 10.6. The first-order valence-electron chi connectivity index (χ1n) is 9.52. The molecule has 2 aromatic rings. The van der Waals surface area contributed by atoms with E-state index in [0.717, 1.165) is 28.3 Å². The van der Waals surface area contributed by atoms with E-state index in [1.54, 1.807) is 6.92 Å². The second-order valence-corrected chi connectivity index (χ2v) is 9.30. The highest BCUT2D eigenvalue weighted by molar-refractivity contribution is 7.92. The summed E-state index contributed by atoms with van der Waals surface area (Å²) in [4.78, 5) is 26.7. The van der Waals surface area contributed by atoms with Crippen LogP contribution in [0.3, 0.4) is 0 Å². The van der Waals surface area contributed by atoms with Crippen LogP contribution in [0.25, 0.3) is 0 Å². The summed E-state index contributed by atoms with van der Waals surface area (Å²) in [6, 6.07) is 12.0. The first kappa shape index (κ1) is 24.6. The van der Waals surface area contributed by atoms with Gasteiger partial charge in [-0.2, -0.15) is 0 Å². The molecule has 10 heteroatoms. The molecule has 1 atom stereocenters. The molecule has 168 valence electrons. The normalized spacial score (nSPS) is 12.2. The lowest BCUT2D eigenvalue weighted by Crippen LogP contribution is -2.51. The summed E-state index contributed by atoms with van der Waals surface area (Å²) in [6.45, 7) is 1.22. The summed E-state index contributed by atoms with van der Waals surface area (Å²) >= 11 is 5.79. The van der Waals surface area contributed by atoms with E-state index >= 15 is 0 Å². The molecular formula is C21H25ClFN3O4S. The summed E-state index contributed by atoms with van der Waals surface area (Å²) in [6.07, 6.45) is 1.42. The molecule has 0 saturated heterocycles. The third kappa shape index (κ3) is 6.67. The largest absolute Gasteiger partial charge is 0.357 e. The molecule has 0 bridgehead atoms. The molecule has 0 aromatic heterocycles. The van der Waals surface area contributed by atoms with Gasteiger partial charge in [-0.15, -0.1) is 0 Å². The average Bonchev–Trinajstić information content (AvgIpc) is 2.73. The van der Waals surface area contributed by atoms with Crippen molar-refractivity contribution in [2.75, 3.05) is 30.7 Å². The topological polar surface area (TPSA) is 86.8 Å². The van der Waals surface area contributed by atoms with Gasteiger partial charge in [0.15, 0.2) is 0 Å². The van der Waals surface area contributed by atoms with Gasteiger partial charge in [-0.25, -0.2) is 12.8 Å². The molecule has 7 nitrogen and oxygen atoms in total. The van der Waals surface area contributed by atoms with Crippen LogP contribution in [0, 0.1) is 5.82 Å². The SMILES string of the molecule is CNC(=O)[C@H](C)N(CCc1ccccc1)C(=O)CN(c1ccc(F)c(Cl)c1)S(C)(=O)=O. The number of likely N-dealkylation sites (N-methyl/N-ethyl adjacent to an activating group) is 1. The number of carbonyl (C=O) groups excluding carboxylic acids is 2. The monoisotopic (exact) mass is 469 g/mol. The minimum absolute atomic E-state index is 0.0536. The zero-order chi connectivity index (χ0) is 23.2. The molecule has 0 heterocycles. The second-order valence-electron chi connectivity index (χ2n) is 6.98.